The summed E-state index contributed by atoms with van der Waals surface area (Å²) in [5.74, 6) is -0.329. The second kappa shape index (κ2) is 8.03. The Balaban J connectivity index is 1.76. The SMILES string of the molecule is CC(=O)OCC1=C2C(C=COC2OC2OC(CO)C(O)C(O)C2O)CC1. The van der Waals surface area contributed by atoms with Crippen molar-refractivity contribution in [3.05, 3.63) is 23.5 Å². The first kappa shape index (κ1) is 19.3. The molecule has 9 heteroatoms. The molecule has 1 aliphatic carbocycles. The van der Waals surface area contributed by atoms with E-state index >= 15 is 0 Å². The molecule has 3 aliphatic rings. The van der Waals surface area contributed by atoms with Crippen LogP contribution < -0.4 is 0 Å². The maximum Gasteiger partial charge on any atom is 0.302 e. The molecule has 0 aromatic carbocycles. The lowest BCUT2D eigenvalue weighted by Crippen LogP contribution is -2.59. The van der Waals surface area contributed by atoms with Crippen LogP contribution in [0, 0.1) is 5.92 Å². The highest BCUT2D eigenvalue weighted by Crippen LogP contribution is 2.40. The molecule has 146 valence electrons. The molecule has 7 atom stereocenters. The zero-order chi connectivity index (χ0) is 18.8. The molecule has 3 rings (SSSR count). The van der Waals surface area contributed by atoms with Crippen LogP contribution in [0.25, 0.3) is 0 Å². The van der Waals surface area contributed by atoms with E-state index in [0.717, 1.165) is 24.0 Å². The Morgan fingerprint density at radius 3 is 2.73 bits per heavy atom. The fourth-order valence-corrected chi connectivity index (χ4v) is 3.47. The number of hydrogen-bond donors (Lipinski definition) is 4. The lowest BCUT2D eigenvalue weighted by atomic mass is 9.97. The molecule has 26 heavy (non-hydrogen) atoms. The van der Waals surface area contributed by atoms with Crippen LogP contribution in [0.2, 0.25) is 0 Å². The van der Waals surface area contributed by atoms with Crippen LogP contribution in [0.15, 0.2) is 23.5 Å². The van der Waals surface area contributed by atoms with Crippen molar-refractivity contribution >= 4 is 5.97 Å². The third kappa shape index (κ3) is 3.78. The summed E-state index contributed by atoms with van der Waals surface area (Å²) in [5, 5.41) is 39.1. The van der Waals surface area contributed by atoms with Crippen LogP contribution >= 0.6 is 0 Å². The average Bonchev–Trinajstić information content (AvgIpc) is 3.04. The molecule has 4 N–H and O–H groups in total. The molecule has 0 spiro atoms. The smallest absolute Gasteiger partial charge is 0.302 e. The molecular weight excluding hydrogens is 348 g/mol. The number of ether oxygens (including phenoxy) is 4. The highest BCUT2D eigenvalue weighted by Gasteiger charge is 2.46. The van der Waals surface area contributed by atoms with Crippen molar-refractivity contribution in [3.63, 3.8) is 0 Å². The maximum absolute atomic E-state index is 11.1. The van der Waals surface area contributed by atoms with Gasteiger partial charge in [0, 0.05) is 18.4 Å². The largest absolute Gasteiger partial charge is 0.469 e. The normalized spacial score (nSPS) is 39.5. The van der Waals surface area contributed by atoms with Crippen molar-refractivity contribution in [3.8, 4) is 0 Å². The molecule has 0 aromatic heterocycles. The predicted octanol–water partition coefficient (Wildman–Crippen LogP) is -1.06. The first-order valence-electron chi connectivity index (χ1n) is 8.55. The van der Waals surface area contributed by atoms with E-state index in [4.69, 9.17) is 18.9 Å². The highest BCUT2D eigenvalue weighted by atomic mass is 16.8. The minimum absolute atomic E-state index is 0.0594. The molecule has 0 aromatic rings. The predicted molar refractivity (Wildman–Crippen MR) is 85.2 cm³/mol. The van der Waals surface area contributed by atoms with Crippen LogP contribution in [0.4, 0.5) is 0 Å². The zero-order valence-corrected chi connectivity index (χ0v) is 14.4. The topological polar surface area (TPSA) is 135 Å². The molecule has 9 nitrogen and oxygen atoms in total. The summed E-state index contributed by atoms with van der Waals surface area (Å²) < 4.78 is 21.7. The first-order chi connectivity index (χ1) is 12.4. The van der Waals surface area contributed by atoms with Crippen molar-refractivity contribution in [2.45, 2.75) is 56.8 Å². The van der Waals surface area contributed by atoms with E-state index in [1.165, 1.54) is 13.2 Å². The van der Waals surface area contributed by atoms with Gasteiger partial charge in [0.15, 0.2) is 6.29 Å². The Hall–Kier alpha value is -1.49. The zero-order valence-electron chi connectivity index (χ0n) is 14.4. The Bertz CT molecular complexity index is 585. The summed E-state index contributed by atoms with van der Waals surface area (Å²) in [6, 6.07) is 0. The van der Waals surface area contributed by atoms with Gasteiger partial charge < -0.3 is 39.4 Å². The quantitative estimate of drug-likeness (QED) is 0.352. The number of carbonyl (C=O) groups is 1. The maximum atomic E-state index is 11.1. The molecule has 0 amide bonds. The van der Waals surface area contributed by atoms with Gasteiger partial charge in [0.2, 0.25) is 6.29 Å². The van der Waals surface area contributed by atoms with Crippen LogP contribution in [0.1, 0.15) is 19.8 Å². The number of carbonyl (C=O) groups excluding carboxylic acids is 1. The van der Waals surface area contributed by atoms with Gasteiger partial charge in [0.05, 0.1) is 12.9 Å². The molecule has 0 saturated carbocycles. The van der Waals surface area contributed by atoms with E-state index in [9.17, 15) is 25.2 Å². The number of rotatable bonds is 5. The third-order valence-electron chi connectivity index (χ3n) is 4.89. The molecule has 1 fully saturated rings. The summed E-state index contributed by atoms with van der Waals surface area (Å²) >= 11 is 0. The molecular formula is C17H24O9. The average molecular weight is 372 g/mol. The number of aliphatic hydroxyl groups is 4. The Kier molecular flexibility index (Phi) is 5.96. The third-order valence-corrected chi connectivity index (χ3v) is 4.89. The summed E-state index contributed by atoms with van der Waals surface area (Å²) in [4.78, 5) is 11.1. The molecule has 0 bridgehead atoms. The molecule has 0 radical (unpaired) electrons. The summed E-state index contributed by atoms with van der Waals surface area (Å²) in [7, 11) is 0. The standard InChI is InChI=1S/C17H24O9/c1-8(19)24-7-10-3-2-9-4-5-23-16(12(9)10)26-17-15(22)14(21)13(20)11(6-18)25-17/h4-5,9,11,13-18,20-22H,2-3,6-7H2,1H3. The minimum atomic E-state index is -1.53. The van der Waals surface area contributed by atoms with Crippen molar-refractivity contribution in [2.75, 3.05) is 13.2 Å². The van der Waals surface area contributed by atoms with Crippen molar-refractivity contribution in [1.82, 2.24) is 0 Å². The van der Waals surface area contributed by atoms with Gasteiger partial charge in [0.25, 0.3) is 0 Å². The summed E-state index contributed by atoms with van der Waals surface area (Å²) in [6.45, 7) is 0.920. The lowest BCUT2D eigenvalue weighted by molar-refractivity contribution is -0.327. The van der Waals surface area contributed by atoms with E-state index in [1.807, 2.05) is 6.08 Å². The van der Waals surface area contributed by atoms with Crippen molar-refractivity contribution in [2.24, 2.45) is 5.92 Å². The van der Waals surface area contributed by atoms with Gasteiger partial charge in [-0.3, -0.25) is 4.79 Å². The minimum Gasteiger partial charge on any atom is -0.469 e. The van der Waals surface area contributed by atoms with Gasteiger partial charge in [-0.2, -0.15) is 0 Å². The summed E-state index contributed by atoms with van der Waals surface area (Å²) in [6.07, 6.45) is -2.84. The second-order valence-corrected chi connectivity index (χ2v) is 6.61. The van der Waals surface area contributed by atoms with Crippen molar-refractivity contribution < 1.29 is 44.2 Å². The monoisotopic (exact) mass is 372 g/mol. The lowest BCUT2D eigenvalue weighted by Gasteiger charge is -2.41. The Labute approximate surface area is 150 Å². The Morgan fingerprint density at radius 2 is 2.04 bits per heavy atom. The van der Waals surface area contributed by atoms with Crippen LogP contribution in [0.5, 0.6) is 0 Å². The van der Waals surface area contributed by atoms with Crippen LogP contribution in [0.3, 0.4) is 0 Å². The second-order valence-electron chi connectivity index (χ2n) is 6.61. The highest BCUT2D eigenvalue weighted by molar-refractivity contribution is 5.66. The van der Waals surface area contributed by atoms with Gasteiger partial charge in [-0.1, -0.05) is 0 Å². The van der Waals surface area contributed by atoms with Crippen LogP contribution in [-0.2, 0) is 23.7 Å². The van der Waals surface area contributed by atoms with Gasteiger partial charge in [-0.15, -0.1) is 0 Å². The fraction of sp³-hybridized carbons (Fsp3) is 0.706. The molecule has 2 aliphatic heterocycles. The Morgan fingerprint density at radius 1 is 1.27 bits per heavy atom. The number of fused-ring (bicyclic) bond motifs is 1. The molecule has 2 heterocycles. The number of esters is 1. The molecule has 7 unspecified atom stereocenters. The van der Waals surface area contributed by atoms with Gasteiger partial charge in [0.1, 0.15) is 31.0 Å². The fourth-order valence-electron chi connectivity index (χ4n) is 3.47. The molecule has 1 saturated heterocycles. The van der Waals surface area contributed by atoms with Crippen molar-refractivity contribution in [1.29, 1.82) is 0 Å². The van der Waals surface area contributed by atoms with E-state index in [2.05, 4.69) is 0 Å². The summed E-state index contributed by atoms with van der Waals surface area (Å²) in [5.41, 5.74) is 1.68. The van der Waals surface area contributed by atoms with Gasteiger partial charge in [-0.25, -0.2) is 0 Å². The van der Waals surface area contributed by atoms with Gasteiger partial charge in [-0.05, 0) is 24.5 Å². The first-order valence-corrected chi connectivity index (χ1v) is 8.55. The van der Waals surface area contributed by atoms with E-state index in [-0.39, 0.29) is 18.5 Å². The number of aliphatic hydroxyl groups excluding tert-OH is 4. The van der Waals surface area contributed by atoms with Gasteiger partial charge >= 0.3 is 5.97 Å². The van der Waals surface area contributed by atoms with Crippen LogP contribution in [-0.4, -0.2) is 76.6 Å². The van der Waals surface area contributed by atoms with E-state index in [1.54, 1.807) is 0 Å². The van der Waals surface area contributed by atoms with E-state index in [0.29, 0.717) is 0 Å². The number of allylic oxidation sites excluding steroid dienone is 1. The number of hydrogen-bond acceptors (Lipinski definition) is 9. The van der Waals surface area contributed by atoms with E-state index < -0.39 is 43.6 Å².